The highest BCUT2D eigenvalue weighted by Crippen LogP contribution is 2.17. The minimum atomic E-state index is -3.26. The third-order valence-electron chi connectivity index (χ3n) is 3.84. The summed E-state index contributed by atoms with van der Waals surface area (Å²) < 4.78 is 24.2. The van der Waals surface area contributed by atoms with Gasteiger partial charge in [0.25, 0.3) is 0 Å². The van der Waals surface area contributed by atoms with Gasteiger partial charge in [-0.2, -0.15) is 0 Å². The molecule has 124 valence electrons. The number of likely N-dealkylation sites (tertiary alicyclic amines) is 1. The van der Waals surface area contributed by atoms with Crippen molar-refractivity contribution in [1.82, 2.24) is 10.2 Å². The number of hydrogen-bond acceptors (Lipinski definition) is 4. The molecule has 0 spiro atoms. The smallest absolute Gasteiger partial charge is 0.300 e. The van der Waals surface area contributed by atoms with Crippen LogP contribution in [0.15, 0.2) is 35.2 Å². The summed E-state index contributed by atoms with van der Waals surface area (Å²) in [6.07, 6.45) is 1.72. The van der Waals surface area contributed by atoms with Gasteiger partial charge in [-0.3, -0.25) is 14.5 Å². The maximum atomic E-state index is 12.1. The highest BCUT2D eigenvalue weighted by Gasteiger charge is 2.32. The first-order valence-electron chi connectivity index (χ1n) is 7.69. The summed E-state index contributed by atoms with van der Waals surface area (Å²) in [7, 11) is -3.26. The number of rotatable bonds is 7. The van der Waals surface area contributed by atoms with Crippen LogP contribution in [0.2, 0.25) is 0 Å². The molecule has 0 radical (unpaired) electrons. The Morgan fingerprint density at radius 2 is 2.09 bits per heavy atom. The van der Waals surface area contributed by atoms with Crippen LogP contribution >= 0.6 is 0 Å². The Kier molecular flexibility index (Phi) is 6.13. The number of nitrogens with one attached hydrogen (secondary N) is 1. The van der Waals surface area contributed by atoms with E-state index < -0.39 is 9.84 Å². The van der Waals surface area contributed by atoms with Gasteiger partial charge >= 0.3 is 6.17 Å². The van der Waals surface area contributed by atoms with Crippen molar-refractivity contribution in [3.8, 4) is 0 Å². The van der Waals surface area contributed by atoms with E-state index in [1.165, 1.54) is 0 Å². The fourth-order valence-electron chi connectivity index (χ4n) is 2.60. The van der Waals surface area contributed by atoms with E-state index in [2.05, 4.69) is 10.2 Å². The van der Waals surface area contributed by atoms with Crippen LogP contribution in [-0.2, 0) is 14.6 Å². The maximum absolute atomic E-state index is 12.1. The normalized spacial score (nSPS) is 17.9. The van der Waals surface area contributed by atoms with Crippen molar-refractivity contribution in [2.45, 2.75) is 30.3 Å². The van der Waals surface area contributed by atoms with Crippen molar-refractivity contribution < 1.29 is 13.2 Å². The molecule has 23 heavy (non-hydrogen) atoms. The van der Waals surface area contributed by atoms with Gasteiger partial charge in [-0.25, -0.2) is 15.0 Å². The molecule has 1 N–H and O–H groups in total. The first kappa shape index (κ1) is 17.4. The number of sulfone groups is 1. The zero-order valence-electron chi connectivity index (χ0n) is 12.9. The molecule has 1 aromatic rings. The van der Waals surface area contributed by atoms with Crippen LogP contribution in [0.1, 0.15) is 19.3 Å². The van der Waals surface area contributed by atoms with E-state index in [1.807, 2.05) is 0 Å². The molecule has 0 bridgehead atoms. The monoisotopic (exact) mass is 335 g/mol. The quantitative estimate of drug-likeness (QED) is 0.602. The molecule has 1 heterocycles. The average molecular weight is 335 g/mol. The Hall–Kier alpha value is -1.91. The lowest BCUT2D eigenvalue weighted by Gasteiger charge is -2.16. The van der Waals surface area contributed by atoms with E-state index in [0.717, 1.165) is 12.8 Å². The molecule has 2 rings (SSSR count). The van der Waals surface area contributed by atoms with Gasteiger partial charge in [0.15, 0.2) is 9.84 Å². The minimum absolute atomic E-state index is 0.0482. The van der Waals surface area contributed by atoms with Gasteiger partial charge in [-0.1, -0.05) is 18.2 Å². The van der Waals surface area contributed by atoms with Crippen molar-refractivity contribution in [2.75, 3.05) is 25.4 Å². The van der Waals surface area contributed by atoms with Crippen LogP contribution < -0.4 is 5.32 Å². The highest BCUT2D eigenvalue weighted by atomic mass is 32.2. The first-order valence-corrected chi connectivity index (χ1v) is 9.34. The van der Waals surface area contributed by atoms with Crippen molar-refractivity contribution in [3.63, 3.8) is 0 Å². The molecule has 1 amide bonds. The molecule has 0 aliphatic carbocycles. The summed E-state index contributed by atoms with van der Waals surface area (Å²) in [6.45, 7) is 8.30. The van der Waals surface area contributed by atoms with Crippen molar-refractivity contribution in [3.05, 3.63) is 41.7 Å². The molecule has 1 saturated heterocycles. The Morgan fingerprint density at radius 3 is 2.78 bits per heavy atom. The van der Waals surface area contributed by atoms with Crippen LogP contribution in [0, 0.1) is 6.57 Å². The summed E-state index contributed by atoms with van der Waals surface area (Å²) >= 11 is 0. The minimum Gasteiger partial charge on any atom is -0.308 e. The molecule has 1 atom stereocenters. The van der Waals surface area contributed by atoms with E-state index >= 15 is 0 Å². The van der Waals surface area contributed by atoms with E-state index in [4.69, 9.17) is 6.57 Å². The van der Waals surface area contributed by atoms with E-state index in [0.29, 0.717) is 24.4 Å². The Bertz CT molecular complexity index is 668. The second-order valence-corrected chi connectivity index (χ2v) is 7.61. The van der Waals surface area contributed by atoms with Gasteiger partial charge in [0.05, 0.1) is 17.2 Å². The second-order valence-electron chi connectivity index (χ2n) is 5.50. The van der Waals surface area contributed by atoms with Crippen LogP contribution in [0.3, 0.4) is 0 Å². The largest absolute Gasteiger partial charge is 0.308 e. The molecule has 0 unspecified atom stereocenters. The van der Waals surface area contributed by atoms with Crippen molar-refractivity contribution in [1.29, 1.82) is 0 Å². The fraction of sp³-hybridized carbons (Fsp3) is 0.500. The van der Waals surface area contributed by atoms with Gasteiger partial charge in [-0.05, 0) is 31.5 Å². The van der Waals surface area contributed by atoms with Gasteiger partial charge in [0, 0.05) is 13.0 Å². The highest BCUT2D eigenvalue weighted by molar-refractivity contribution is 7.91. The Labute approximate surface area is 137 Å². The molecule has 7 heteroatoms. The number of carbonyl (C=O) groups is 1. The molecule has 6 nitrogen and oxygen atoms in total. The lowest BCUT2D eigenvalue weighted by molar-refractivity contribution is -0.130. The van der Waals surface area contributed by atoms with Gasteiger partial charge in [0.1, 0.15) is 0 Å². The topological polar surface area (TPSA) is 70.8 Å². The SMILES string of the molecule is [C-]#[N+][C@@H]1CCCN1C(=O)CNCCCS(=O)(=O)c1ccccc1. The number of benzene rings is 1. The lowest BCUT2D eigenvalue weighted by atomic mass is 10.3. The first-order chi connectivity index (χ1) is 11.0. The summed E-state index contributed by atoms with van der Waals surface area (Å²) in [6, 6.07) is 8.36. The predicted molar refractivity (Wildman–Crippen MR) is 87.3 cm³/mol. The predicted octanol–water partition coefficient (Wildman–Crippen LogP) is 1.31. The summed E-state index contributed by atoms with van der Waals surface area (Å²) in [5.41, 5.74) is 0. The average Bonchev–Trinajstić information content (AvgIpc) is 3.04. The maximum Gasteiger partial charge on any atom is 0.300 e. The second kappa shape index (κ2) is 8.09. The van der Waals surface area contributed by atoms with Crippen LogP contribution in [-0.4, -0.2) is 50.8 Å². The van der Waals surface area contributed by atoms with Crippen LogP contribution in [0.5, 0.6) is 0 Å². The van der Waals surface area contributed by atoms with Crippen LogP contribution in [0.4, 0.5) is 0 Å². The number of nitrogens with zero attached hydrogens (tertiary/aromatic N) is 2. The summed E-state index contributed by atoms with van der Waals surface area (Å²) in [5.74, 6) is -0.0403. The number of carbonyl (C=O) groups excluding carboxylic acids is 1. The molecule has 1 aliphatic rings. The van der Waals surface area contributed by atoms with E-state index in [1.54, 1.807) is 35.2 Å². The summed E-state index contributed by atoms with van der Waals surface area (Å²) in [5, 5.41) is 2.97. The number of hydrogen-bond donors (Lipinski definition) is 1. The Balaban J connectivity index is 1.70. The molecule has 1 aromatic carbocycles. The third kappa shape index (κ3) is 4.78. The van der Waals surface area contributed by atoms with Gasteiger partial charge in [0.2, 0.25) is 5.91 Å². The standard InChI is InChI=1S/C16H21N3O3S/c1-17-15-9-5-11-19(15)16(20)13-18-10-6-12-23(21,22)14-7-3-2-4-8-14/h2-4,7-8,15,18H,5-6,9-13H2/t15-/m0/s1. The van der Waals surface area contributed by atoms with Gasteiger partial charge < -0.3 is 5.32 Å². The molecule has 1 fully saturated rings. The molecule has 1 aliphatic heterocycles. The molecule has 0 aromatic heterocycles. The third-order valence-corrected chi connectivity index (χ3v) is 5.65. The van der Waals surface area contributed by atoms with E-state index in [9.17, 15) is 13.2 Å². The fourth-order valence-corrected chi connectivity index (χ4v) is 3.94. The van der Waals surface area contributed by atoms with E-state index in [-0.39, 0.29) is 24.4 Å². The molecule has 0 saturated carbocycles. The van der Waals surface area contributed by atoms with Crippen molar-refractivity contribution in [2.24, 2.45) is 0 Å². The summed E-state index contributed by atoms with van der Waals surface area (Å²) in [4.78, 5) is 17.4. The molecular formula is C16H21N3O3S. The Morgan fingerprint density at radius 1 is 1.35 bits per heavy atom. The zero-order valence-corrected chi connectivity index (χ0v) is 13.8. The lowest BCUT2D eigenvalue weighted by Crippen LogP contribution is -2.40. The molecular weight excluding hydrogens is 314 g/mol. The number of amides is 1. The zero-order chi connectivity index (χ0) is 16.7. The van der Waals surface area contributed by atoms with Crippen LogP contribution in [0.25, 0.3) is 4.85 Å². The van der Waals surface area contributed by atoms with Gasteiger partial charge in [-0.15, -0.1) is 0 Å². The van der Waals surface area contributed by atoms with Crippen molar-refractivity contribution >= 4 is 15.7 Å².